The summed E-state index contributed by atoms with van der Waals surface area (Å²) in [6.45, 7) is 1.66. The van der Waals surface area contributed by atoms with E-state index < -0.39 is 41.1 Å². The molecule has 1 amide bonds. The van der Waals surface area contributed by atoms with Crippen LogP contribution in [-0.4, -0.2) is 61.4 Å². The first kappa shape index (κ1) is 28.2. The molecule has 0 unspecified atom stereocenters. The number of hydrogen-bond donors (Lipinski definition) is 2. The number of ether oxygens (including phenoxy) is 2. The van der Waals surface area contributed by atoms with Crippen LogP contribution in [0.3, 0.4) is 0 Å². The number of hydrogen-bond acceptors (Lipinski definition) is 9. The molecule has 4 aromatic rings. The average molecular weight is 587 g/mol. The number of carboxylic acid groups (broad SMARTS) is 1. The molecule has 2 atom stereocenters. The van der Waals surface area contributed by atoms with Crippen molar-refractivity contribution >= 4 is 33.4 Å². The monoisotopic (exact) mass is 586 g/mol. The number of aliphatic carboxylic acids is 1. The van der Waals surface area contributed by atoms with Gasteiger partial charge in [-0.3, -0.25) is 19.0 Å². The lowest BCUT2D eigenvalue weighted by molar-refractivity contribution is -0.138. The van der Waals surface area contributed by atoms with Gasteiger partial charge in [0.15, 0.2) is 0 Å². The maximum absolute atomic E-state index is 14.4. The normalized spacial score (nSPS) is 16.1. The number of piperidine rings is 1. The fourth-order valence-electron chi connectivity index (χ4n) is 4.95. The summed E-state index contributed by atoms with van der Waals surface area (Å²) in [6.07, 6.45) is 2.43. The van der Waals surface area contributed by atoms with E-state index in [2.05, 4.69) is 15.5 Å². The summed E-state index contributed by atoms with van der Waals surface area (Å²) in [4.78, 5) is 53.6. The van der Waals surface area contributed by atoms with Crippen LogP contribution in [0.4, 0.5) is 4.39 Å². The number of aromatic nitrogens is 5. The highest BCUT2D eigenvalue weighted by molar-refractivity contribution is 7.21. The van der Waals surface area contributed by atoms with Crippen molar-refractivity contribution in [1.29, 1.82) is 0 Å². The average Bonchev–Trinajstić information content (AvgIpc) is 3.59. The lowest BCUT2D eigenvalue weighted by atomic mass is 10.1. The topological polar surface area (TPSA) is 160 Å². The fourth-order valence-corrected chi connectivity index (χ4v) is 6.17. The summed E-state index contributed by atoms with van der Waals surface area (Å²) in [7, 11) is 1.39. The number of halogens is 1. The molecule has 0 spiro atoms. The summed E-state index contributed by atoms with van der Waals surface area (Å²) >= 11 is 1.10. The Morgan fingerprint density at radius 1 is 1.27 bits per heavy atom. The quantitative estimate of drug-likeness (QED) is 0.283. The first-order valence-corrected chi connectivity index (χ1v) is 13.6. The molecule has 4 heterocycles. The Morgan fingerprint density at radius 2 is 2.02 bits per heavy atom. The van der Waals surface area contributed by atoms with Gasteiger partial charge in [0, 0.05) is 17.7 Å². The number of carbonyl (C=O) groups is 2. The van der Waals surface area contributed by atoms with E-state index in [1.165, 1.54) is 47.1 Å². The van der Waals surface area contributed by atoms with Crippen molar-refractivity contribution in [3.63, 3.8) is 0 Å². The number of benzene rings is 1. The third-order valence-electron chi connectivity index (χ3n) is 6.91. The van der Waals surface area contributed by atoms with Gasteiger partial charge in [0.25, 0.3) is 5.56 Å². The van der Waals surface area contributed by atoms with E-state index in [1.54, 1.807) is 6.92 Å². The molecule has 41 heavy (non-hydrogen) atoms. The van der Waals surface area contributed by atoms with E-state index in [0.717, 1.165) is 15.9 Å². The molecule has 0 bridgehead atoms. The highest BCUT2D eigenvalue weighted by Crippen LogP contribution is 2.34. The molecule has 0 saturated carbocycles. The van der Waals surface area contributed by atoms with Crippen molar-refractivity contribution in [1.82, 2.24) is 29.4 Å². The third kappa shape index (κ3) is 5.37. The summed E-state index contributed by atoms with van der Waals surface area (Å²) in [6, 6.07) is 2.77. The van der Waals surface area contributed by atoms with Gasteiger partial charge in [0.1, 0.15) is 33.5 Å². The largest absolute Gasteiger partial charge is 0.496 e. The molecule has 216 valence electrons. The van der Waals surface area contributed by atoms with Crippen molar-refractivity contribution in [3.8, 4) is 10.8 Å². The van der Waals surface area contributed by atoms with E-state index in [4.69, 9.17) is 14.6 Å². The minimum Gasteiger partial charge on any atom is -0.496 e. The molecule has 5 rings (SSSR count). The predicted octanol–water partition coefficient (Wildman–Crippen LogP) is 1.95. The molecule has 1 aliphatic heterocycles. The molecule has 15 heteroatoms. The Bertz CT molecular complexity index is 1730. The van der Waals surface area contributed by atoms with Crippen LogP contribution in [0.2, 0.25) is 0 Å². The van der Waals surface area contributed by atoms with Crippen LogP contribution in [0.1, 0.15) is 42.5 Å². The maximum Gasteiger partial charge on any atom is 0.332 e. The number of nitrogens with one attached hydrogen (secondary N) is 1. The second-order valence-electron chi connectivity index (χ2n) is 9.44. The standard InChI is InChI=1S/C26H27FN6O7S/c1-14-21-23(37)32(17-4-3-8-28-22(17)36)26(38)31(25(21)41-24(14)33-29-9-10-30-33)13-19(40-11-7-20(34)35)16-12-15(27)5-6-18(16)39-2/h5-6,9-10,12,17,19H,3-4,7-8,11,13H2,1-2H3,(H,28,36)(H,34,35)/t17-,19+/m1/s1. The number of aryl methyl sites for hydroxylation is 1. The van der Waals surface area contributed by atoms with Gasteiger partial charge in [0.05, 0.1) is 44.5 Å². The summed E-state index contributed by atoms with van der Waals surface area (Å²) in [5.41, 5.74) is -0.625. The Balaban J connectivity index is 1.74. The van der Waals surface area contributed by atoms with E-state index in [9.17, 15) is 23.6 Å². The number of carboxylic acids is 1. The minimum atomic E-state index is -1.10. The van der Waals surface area contributed by atoms with Crippen LogP contribution in [0.15, 0.2) is 40.2 Å². The van der Waals surface area contributed by atoms with Crippen molar-refractivity contribution in [2.75, 3.05) is 20.3 Å². The predicted molar refractivity (Wildman–Crippen MR) is 145 cm³/mol. The Labute approximate surface area is 235 Å². The van der Waals surface area contributed by atoms with E-state index in [-0.39, 0.29) is 41.1 Å². The first-order chi connectivity index (χ1) is 19.7. The smallest absolute Gasteiger partial charge is 0.332 e. The number of rotatable bonds is 10. The maximum atomic E-state index is 14.4. The van der Waals surface area contributed by atoms with Crippen LogP contribution < -0.4 is 21.3 Å². The molecule has 1 aliphatic rings. The van der Waals surface area contributed by atoms with Crippen molar-refractivity contribution in [2.24, 2.45) is 0 Å². The lowest BCUT2D eigenvalue weighted by Gasteiger charge is -2.26. The van der Waals surface area contributed by atoms with Gasteiger partial charge in [-0.1, -0.05) is 11.3 Å². The van der Waals surface area contributed by atoms with Crippen molar-refractivity contribution in [2.45, 2.75) is 44.9 Å². The first-order valence-electron chi connectivity index (χ1n) is 12.8. The van der Waals surface area contributed by atoms with Gasteiger partial charge in [-0.15, -0.1) is 4.80 Å². The van der Waals surface area contributed by atoms with Gasteiger partial charge in [-0.2, -0.15) is 10.2 Å². The molecule has 13 nitrogen and oxygen atoms in total. The van der Waals surface area contributed by atoms with Crippen LogP contribution in [0, 0.1) is 12.7 Å². The molecule has 1 fully saturated rings. The lowest BCUT2D eigenvalue weighted by Crippen LogP contribution is -2.49. The summed E-state index contributed by atoms with van der Waals surface area (Å²) < 4.78 is 28.0. The number of thiophene rings is 1. The molecule has 1 saturated heterocycles. The highest BCUT2D eigenvalue weighted by atomic mass is 32.1. The number of methoxy groups -OCH3 is 1. The van der Waals surface area contributed by atoms with E-state index >= 15 is 0 Å². The Hall–Kier alpha value is -4.37. The molecule has 3 aromatic heterocycles. The van der Waals surface area contributed by atoms with Crippen LogP contribution in [-0.2, 0) is 20.9 Å². The second-order valence-corrected chi connectivity index (χ2v) is 10.4. The number of fused-ring (bicyclic) bond motifs is 1. The SMILES string of the molecule is COc1ccc(F)cc1[C@H](Cn1c(=O)n([C@@H]2CCCNC2=O)c(=O)c2c(C)c(-n3nccn3)sc21)OCCC(=O)O. The Morgan fingerprint density at radius 3 is 2.71 bits per heavy atom. The molecular formula is C26H27FN6O7S. The molecule has 0 radical (unpaired) electrons. The zero-order valence-corrected chi connectivity index (χ0v) is 23.0. The summed E-state index contributed by atoms with van der Waals surface area (Å²) in [5.74, 6) is -1.87. The Kier molecular flexibility index (Phi) is 7.99. The zero-order valence-electron chi connectivity index (χ0n) is 22.2. The number of carbonyl (C=O) groups excluding carboxylic acids is 1. The van der Waals surface area contributed by atoms with Gasteiger partial charge >= 0.3 is 11.7 Å². The molecule has 2 N–H and O–H groups in total. The van der Waals surface area contributed by atoms with E-state index in [0.29, 0.717) is 30.0 Å². The van der Waals surface area contributed by atoms with Gasteiger partial charge < -0.3 is 19.9 Å². The zero-order chi connectivity index (χ0) is 29.3. The molecule has 0 aliphatic carbocycles. The van der Waals surface area contributed by atoms with Crippen molar-refractivity contribution in [3.05, 3.63) is 68.4 Å². The van der Waals surface area contributed by atoms with Crippen LogP contribution >= 0.6 is 11.3 Å². The highest BCUT2D eigenvalue weighted by Gasteiger charge is 2.32. The van der Waals surface area contributed by atoms with Crippen molar-refractivity contribution < 1.29 is 28.6 Å². The molecular weight excluding hydrogens is 559 g/mol. The van der Waals surface area contributed by atoms with Gasteiger partial charge in [-0.25, -0.2) is 13.8 Å². The van der Waals surface area contributed by atoms with Crippen LogP contribution in [0.5, 0.6) is 5.75 Å². The minimum absolute atomic E-state index is 0.204. The van der Waals surface area contributed by atoms with Gasteiger partial charge in [-0.05, 0) is 38.0 Å². The summed E-state index contributed by atoms with van der Waals surface area (Å²) in [5, 5.41) is 20.9. The van der Waals surface area contributed by atoms with E-state index in [1.807, 2.05) is 0 Å². The third-order valence-corrected chi connectivity index (χ3v) is 8.19. The fraction of sp³-hybridized carbons (Fsp3) is 0.385. The number of nitrogens with zero attached hydrogens (tertiary/aromatic N) is 5. The van der Waals surface area contributed by atoms with Crippen LogP contribution in [0.25, 0.3) is 15.2 Å². The molecule has 1 aromatic carbocycles. The van der Waals surface area contributed by atoms with Gasteiger partial charge in [0.2, 0.25) is 5.91 Å². The number of amides is 1. The second kappa shape index (κ2) is 11.6.